The first-order valence-electron chi connectivity index (χ1n) is 5.95. The predicted octanol–water partition coefficient (Wildman–Crippen LogP) is 1.97. The number of hydrogen-bond acceptors (Lipinski definition) is 3. The fourth-order valence-electron chi connectivity index (χ4n) is 2.07. The predicted molar refractivity (Wildman–Crippen MR) is 63.3 cm³/mol. The van der Waals surface area contributed by atoms with Gasteiger partial charge in [-0.05, 0) is 18.9 Å². The summed E-state index contributed by atoms with van der Waals surface area (Å²) < 4.78 is 0. The molecule has 1 aromatic heterocycles. The zero-order valence-corrected chi connectivity index (χ0v) is 9.72. The maximum atomic E-state index is 12.2. The molecule has 0 aromatic carbocycles. The highest BCUT2D eigenvalue weighted by Gasteiger charge is 2.17. The molecule has 2 heterocycles. The monoisotopic (exact) mass is 229 g/mol. The van der Waals surface area contributed by atoms with E-state index in [0.29, 0.717) is 11.1 Å². The molecule has 1 fully saturated rings. The highest BCUT2D eigenvalue weighted by Crippen LogP contribution is 2.13. The number of pyridine rings is 1. The first-order valence-corrected chi connectivity index (χ1v) is 5.95. The van der Waals surface area contributed by atoms with Gasteiger partial charge in [0.2, 0.25) is 0 Å². The smallest absolute Gasteiger partial charge is 0.255 e. The van der Waals surface area contributed by atoms with Crippen LogP contribution in [0, 0.1) is 11.3 Å². The molecule has 2 rings (SSSR count). The topological polar surface area (TPSA) is 57.0 Å². The summed E-state index contributed by atoms with van der Waals surface area (Å²) in [7, 11) is 0. The standard InChI is InChI=1S/C13H15N3O/c14-8-11-7-12(10-15-9-11)13(17)16-5-3-1-2-4-6-16/h7,9-10H,1-6H2. The summed E-state index contributed by atoms with van der Waals surface area (Å²) >= 11 is 0. The fourth-order valence-corrected chi connectivity index (χ4v) is 2.07. The lowest BCUT2D eigenvalue weighted by atomic mass is 10.2. The highest BCUT2D eigenvalue weighted by atomic mass is 16.2. The molecule has 88 valence electrons. The first kappa shape index (κ1) is 11.6. The molecule has 1 aliphatic heterocycles. The molecular weight excluding hydrogens is 214 g/mol. The lowest BCUT2D eigenvalue weighted by Crippen LogP contribution is -2.31. The minimum Gasteiger partial charge on any atom is -0.339 e. The molecular formula is C13H15N3O. The average Bonchev–Trinajstić information content (AvgIpc) is 2.67. The second kappa shape index (κ2) is 5.44. The molecule has 0 N–H and O–H groups in total. The van der Waals surface area contributed by atoms with Gasteiger partial charge in [0.15, 0.2) is 0 Å². The van der Waals surface area contributed by atoms with Crippen molar-refractivity contribution in [3.05, 3.63) is 29.6 Å². The second-order valence-electron chi connectivity index (χ2n) is 4.28. The van der Waals surface area contributed by atoms with E-state index in [4.69, 9.17) is 5.26 Å². The average molecular weight is 229 g/mol. The number of hydrogen-bond donors (Lipinski definition) is 0. The largest absolute Gasteiger partial charge is 0.339 e. The Kier molecular flexibility index (Phi) is 3.71. The third kappa shape index (κ3) is 2.82. The summed E-state index contributed by atoms with van der Waals surface area (Å²) in [5, 5.41) is 8.78. The maximum Gasteiger partial charge on any atom is 0.255 e. The number of likely N-dealkylation sites (tertiary alicyclic amines) is 1. The Morgan fingerprint density at radius 3 is 2.59 bits per heavy atom. The van der Waals surface area contributed by atoms with E-state index < -0.39 is 0 Å². The number of rotatable bonds is 1. The van der Waals surface area contributed by atoms with Crippen LogP contribution in [0.4, 0.5) is 0 Å². The Labute approximate surface area is 101 Å². The van der Waals surface area contributed by atoms with Gasteiger partial charge < -0.3 is 4.90 Å². The third-order valence-electron chi connectivity index (χ3n) is 3.01. The van der Waals surface area contributed by atoms with Gasteiger partial charge in [-0.3, -0.25) is 9.78 Å². The number of aromatic nitrogens is 1. The summed E-state index contributed by atoms with van der Waals surface area (Å²) in [6, 6.07) is 3.62. The van der Waals surface area contributed by atoms with Crippen molar-refractivity contribution >= 4 is 5.91 Å². The van der Waals surface area contributed by atoms with Crippen molar-refractivity contribution < 1.29 is 4.79 Å². The minimum atomic E-state index is -0.00324. The second-order valence-corrected chi connectivity index (χ2v) is 4.28. The number of carbonyl (C=O) groups excluding carboxylic acids is 1. The van der Waals surface area contributed by atoms with Gasteiger partial charge in [-0.1, -0.05) is 12.8 Å². The Morgan fingerprint density at radius 1 is 1.24 bits per heavy atom. The van der Waals surface area contributed by atoms with Crippen molar-refractivity contribution in [1.82, 2.24) is 9.88 Å². The zero-order valence-electron chi connectivity index (χ0n) is 9.72. The van der Waals surface area contributed by atoms with Gasteiger partial charge in [0.05, 0.1) is 11.1 Å². The summed E-state index contributed by atoms with van der Waals surface area (Å²) in [4.78, 5) is 18.0. The van der Waals surface area contributed by atoms with Gasteiger partial charge in [-0.2, -0.15) is 5.26 Å². The maximum absolute atomic E-state index is 12.2. The van der Waals surface area contributed by atoms with Crippen molar-refractivity contribution in [2.24, 2.45) is 0 Å². The van der Waals surface area contributed by atoms with Crippen molar-refractivity contribution in [3.63, 3.8) is 0 Å². The molecule has 0 aliphatic carbocycles. The lowest BCUT2D eigenvalue weighted by Gasteiger charge is -2.20. The third-order valence-corrected chi connectivity index (χ3v) is 3.01. The van der Waals surface area contributed by atoms with Crippen LogP contribution in [0.15, 0.2) is 18.5 Å². The van der Waals surface area contributed by atoms with Gasteiger partial charge >= 0.3 is 0 Å². The van der Waals surface area contributed by atoms with E-state index in [1.165, 1.54) is 25.2 Å². The van der Waals surface area contributed by atoms with Crippen molar-refractivity contribution in [2.45, 2.75) is 25.7 Å². The van der Waals surface area contributed by atoms with Crippen LogP contribution in [0.5, 0.6) is 0 Å². The summed E-state index contributed by atoms with van der Waals surface area (Å²) in [5.74, 6) is -0.00324. The quantitative estimate of drug-likeness (QED) is 0.739. The molecule has 1 aliphatic rings. The minimum absolute atomic E-state index is 0.00324. The van der Waals surface area contributed by atoms with Crippen molar-refractivity contribution in [1.29, 1.82) is 5.26 Å². The van der Waals surface area contributed by atoms with Crippen LogP contribution in [0.25, 0.3) is 0 Å². The van der Waals surface area contributed by atoms with Gasteiger partial charge in [-0.25, -0.2) is 0 Å². The van der Waals surface area contributed by atoms with E-state index in [9.17, 15) is 4.79 Å². The molecule has 0 unspecified atom stereocenters. The molecule has 0 spiro atoms. The molecule has 1 saturated heterocycles. The molecule has 17 heavy (non-hydrogen) atoms. The van der Waals surface area contributed by atoms with Crippen LogP contribution in [0.3, 0.4) is 0 Å². The van der Waals surface area contributed by atoms with E-state index in [0.717, 1.165) is 25.9 Å². The van der Waals surface area contributed by atoms with Crippen LogP contribution in [0.2, 0.25) is 0 Å². The Bertz CT molecular complexity index is 442. The van der Waals surface area contributed by atoms with Gasteiger partial charge in [0.25, 0.3) is 5.91 Å². The van der Waals surface area contributed by atoms with Gasteiger partial charge in [0, 0.05) is 25.5 Å². The molecule has 4 nitrogen and oxygen atoms in total. The van der Waals surface area contributed by atoms with E-state index in [-0.39, 0.29) is 5.91 Å². The normalized spacial score (nSPS) is 16.1. The Hall–Kier alpha value is -1.89. The zero-order chi connectivity index (χ0) is 12.1. The van der Waals surface area contributed by atoms with Crippen molar-refractivity contribution in [2.75, 3.05) is 13.1 Å². The number of amides is 1. The lowest BCUT2D eigenvalue weighted by molar-refractivity contribution is 0.0761. The number of nitrogens with zero attached hydrogens (tertiary/aromatic N) is 3. The fraction of sp³-hybridized carbons (Fsp3) is 0.462. The molecule has 4 heteroatoms. The van der Waals surface area contributed by atoms with Crippen LogP contribution >= 0.6 is 0 Å². The number of carbonyl (C=O) groups is 1. The summed E-state index contributed by atoms with van der Waals surface area (Å²) in [6.07, 6.45) is 7.53. The molecule has 0 atom stereocenters. The summed E-state index contributed by atoms with van der Waals surface area (Å²) in [6.45, 7) is 1.63. The molecule has 0 radical (unpaired) electrons. The Morgan fingerprint density at radius 2 is 1.94 bits per heavy atom. The first-order chi connectivity index (χ1) is 8.31. The van der Waals surface area contributed by atoms with Gasteiger partial charge in [0.1, 0.15) is 6.07 Å². The van der Waals surface area contributed by atoms with E-state index in [1.54, 1.807) is 6.07 Å². The summed E-state index contributed by atoms with van der Waals surface area (Å²) in [5.41, 5.74) is 0.955. The molecule has 1 amide bonds. The van der Waals surface area contributed by atoms with Crippen LogP contribution in [-0.2, 0) is 0 Å². The van der Waals surface area contributed by atoms with Crippen LogP contribution in [0.1, 0.15) is 41.6 Å². The van der Waals surface area contributed by atoms with Gasteiger partial charge in [-0.15, -0.1) is 0 Å². The molecule has 0 bridgehead atoms. The molecule has 0 saturated carbocycles. The van der Waals surface area contributed by atoms with Crippen molar-refractivity contribution in [3.8, 4) is 6.07 Å². The molecule has 1 aromatic rings. The van der Waals surface area contributed by atoms with Crippen LogP contribution in [-0.4, -0.2) is 28.9 Å². The number of nitriles is 1. The van der Waals surface area contributed by atoms with E-state index in [2.05, 4.69) is 4.98 Å². The van der Waals surface area contributed by atoms with E-state index >= 15 is 0 Å². The highest BCUT2D eigenvalue weighted by molar-refractivity contribution is 5.94. The van der Waals surface area contributed by atoms with Crippen LogP contribution < -0.4 is 0 Å². The SMILES string of the molecule is N#Cc1cncc(C(=O)N2CCCCCC2)c1. The van der Waals surface area contributed by atoms with E-state index in [1.807, 2.05) is 11.0 Å². The Balaban J connectivity index is 2.15.